The van der Waals surface area contributed by atoms with E-state index >= 15 is 0 Å². The van der Waals surface area contributed by atoms with Gasteiger partial charge in [-0.2, -0.15) is 0 Å². The zero-order valence-corrected chi connectivity index (χ0v) is 27.2. The van der Waals surface area contributed by atoms with Gasteiger partial charge in [0.15, 0.2) is 0 Å². The molecule has 3 aromatic rings. The van der Waals surface area contributed by atoms with E-state index in [1.807, 2.05) is 44.2 Å². The zero-order valence-electron chi connectivity index (χ0n) is 24.8. The van der Waals surface area contributed by atoms with Crippen molar-refractivity contribution in [2.24, 2.45) is 0 Å². The quantitative estimate of drug-likeness (QED) is 0.253. The van der Waals surface area contributed by atoms with Gasteiger partial charge in [0.25, 0.3) is 0 Å². The van der Waals surface area contributed by atoms with Gasteiger partial charge in [0.2, 0.25) is 21.8 Å². The topological polar surface area (TPSA) is 105 Å². The Labute approximate surface area is 263 Å². The van der Waals surface area contributed by atoms with E-state index in [4.69, 9.17) is 32.7 Å². The molecule has 2 amide bonds. The van der Waals surface area contributed by atoms with Crippen LogP contribution in [-0.2, 0) is 32.6 Å². The number of rotatable bonds is 14. The monoisotopic (exact) mass is 649 g/mol. The number of carbonyl (C=O) groups is 2. The minimum Gasteiger partial charge on any atom is -0.497 e. The second-order valence-corrected chi connectivity index (χ2v) is 12.8. The lowest BCUT2D eigenvalue weighted by atomic mass is 10.0. The highest BCUT2D eigenvalue weighted by Gasteiger charge is 2.34. The number of hydrogen-bond donors (Lipinski definition) is 1. The molecule has 0 fully saturated rings. The van der Waals surface area contributed by atoms with Crippen LogP contribution in [-0.4, -0.2) is 64.2 Å². The van der Waals surface area contributed by atoms with Crippen molar-refractivity contribution < 1.29 is 27.5 Å². The summed E-state index contributed by atoms with van der Waals surface area (Å²) in [5.41, 5.74) is 1.56. The predicted octanol–water partition coefficient (Wildman–Crippen LogP) is 5.33. The van der Waals surface area contributed by atoms with Crippen molar-refractivity contribution in [3.05, 3.63) is 87.9 Å². The summed E-state index contributed by atoms with van der Waals surface area (Å²) in [5, 5.41) is 3.62. The van der Waals surface area contributed by atoms with Gasteiger partial charge in [-0.15, -0.1) is 0 Å². The van der Waals surface area contributed by atoms with Crippen LogP contribution in [0.3, 0.4) is 0 Å². The number of nitrogens with one attached hydrogen (secondary N) is 1. The van der Waals surface area contributed by atoms with Gasteiger partial charge in [-0.05, 0) is 48.7 Å². The van der Waals surface area contributed by atoms with Crippen LogP contribution in [0.4, 0.5) is 5.69 Å². The molecule has 3 aromatic carbocycles. The molecule has 0 aliphatic rings. The summed E-state index contributed by atoms with van der Waals surface area (Å²) in [7, 11) is -1.15. The minimum absolute atomic E-state index is 0.0337. The molecule has 43 heavy (non-hydrogen) atoms. The Morgan fingerprint density at radius 1 is 0.930 bits per heavy atom. The Morgan fingerprint density at radius 2 is 1.63 bits per heavy atom. The van der Waals surface area contributed by atoms with Gasteiger partial charge in [0, 0.05) is 25.1 Å². The Hall–Kier alpha value is -3.47. The molecule has 0 spiro atoms. The predicted molar refractivity (Wildman–Crippen MR) is 171 cm³/mol. The molecule has 0 saturated heterocycles. The van der Waals surface area contributed by atoms with E-state index in [2.05, 4.69) is 5.32 Å². The van der Waals surface area contributed by atoms with Crippen LogP contribution in [0.1, 0.15) is 31.4 Å². The fourth-order valence-electron chi connectivity index (χ4n) is 4.42. The first-order valence-electron chi connectivity index (χ1n) is 13.6. The lowest BCUT2D eigenvalue weighted by Crippen LogP contribution is -2.54. The third kappa shape index (κ3) is 9.26. The van der Waals surface area contributed by atoms with E-state index in [0.29, 0.717) is 22.8 Å². The van der Waals surface area contributed by atoms with Crippen molar-refractivity contribution in [3.8, 4) is 11.5 Å². The number of amides is 2. The lowest BCUT2D eigenvalue weighted by Gasteiger charge is -2.34. The summed E-state index contributed by atoms with van der Waals surface area (Å²) in [4.78, 5) is 29.5. The summed E-state index contributed by atoms with van der Waals surface area (Å²) in [6.45, 7) is 3.18. The molecule has 3 rings (SSSR count). The van der Waals surface area contributed by atoms with Gasteiger partial charge in [-0.1, -0.05) is 66.5 Å². The van der Waals surface area contributed by atoms with Crippen molar-refractivity contribution >= 4 is 50.7 Å². The highest BCUT2D eigenvalue weighted by atomic mass is 35.5. The van der Waals surface area contributed by atoms with Crippen molar-refractivity contribution in [3.63, 3.8) is 0 Å². The maximum atomic E-state index is 14.3. The van der Waals surface area contributed by atoms with E-state index in [9.17, 15) is 18.0 Å². The molecule has 0 heterocycles. The molecule has 9 nitrogen and oxygen atoms in total. The Bertz CT molecular complexity index is 1520. The lowest BCUT2D eigenvalue weighted by molar-refractivity contribution is -0.140. The summed E-state index contributed by atoms with van der Waals surface area (Å²) in [5.74, 6) is -0.372. The van der Waals surface area contributed by atoms with Crippen molar-refractivity contribution in [1.29, 1.82) is 0 Å². The molecular formula is C31H37Cl2N3O6S. The molecule has 0 aliphatic carbocycles. The maximum absolute atomic E-state index is 14.3. The number of benzene rings is 3. The van der Waals surface area contributed by atoms with Gasteiger partial charge in [-0.3, -0.25) is 13.9 Å². The van der Waals surface area contributed by atoms with E-state index < -0.39 is 28.5 Å². The molecule has 0 bridgehead atoms. The summed E-state index contributed by atoms with van der Waals surface area (Å²) >= 11 is 12.4. The van der Waals surface area contributed by atoms with Crippen LogP contribution in [0.2, 0.25) is 10.0 Å². The molecule has 0 radical (unpaired) electrons. The van der Waals surface area contributed by atoms with Crippen molar-refractivity contribution in [2.75, 3.05) is 31.3 Å². The number of carbonyl (C=O) groups excluding carboxylic acids is 2. The number of nitrogens with zero attached hydrogens (tertiary/aromatic N) is 2. The van der Waals surface area contributed by atoms with Crippen molar-refractivity contribution in [2.45, 2.75) is 45.3 Å². The Balaban J connectivity index is 2.13. The standard InChI is InChI=1S/C31H37Cl2N3O6S/c1-6-21(2)34-31(38)28(17-22-10-8-7-9-11-22)35(19-23-12-14-25(32)26(33)16-23)30(37)20-36(43(5,39)40)27-18-24(41-3)13-15-29(27)42-4/h7-16,18,21,28H,6,17,19-20H2,1-5H3,(H,34,38)/t21-,28+/m0/s1. The van der Waals surface area contributed by atoms with E-state index in [-0.39, 0.29) is 41.4 Å². The molecule has 0 aromatic heterocycles. The number of halogens is 2. The molecule has 0 saturated carbocycles. The van der Waals surface area contributed by atoms with Gasteiger partial charge < -0.3 is 19.7 Å². The fourth-order valence-corrected chi connectivity index (χ4v) is 5.58. The van der Waals surface area contributed by atoms with Crippen LogP contribution in [0.15, 0.2) is 66.7 Å². The first-order valence-corrected chi connectivity index (χ1v) is 16.3. The molecule has 232 valence electrons. The number of ether oxygens (including phenoxy) is 2. The molecule has 1 N–H and O–H groups in total. The third-order valence-electron chi connectivity index (χ3n) is 6.94. The van der Waals surface area contributed by atoms with Gasteiger partial charge >= 0.3 is 0 Å². The van der Waals surface area contributed by atoms with Gasteiger partial charge in [0.1, 0.15) is 24.1 Å². The maximum Gasteiger partial charge on any atom is 0.244 e. The largest absolute Gasteiger partial charge is 0.497 e. The Kier molecular flexibility index (Phi) is 12.1. The number of sulfonamides is 1. The molecule has 0 unspecified atom stereocenters. The normalized spacial score (nSPS) is 12.6. The summed E-state index contributed by atoms with van der Waals surface area (Å²) in [6, 6.07) is 17.8. The van der Waals surface area contributed by atoms with E-state index in [1.54, 1.807) is 30.3 Å². The second kappa shape index (κ2) is 15.3. The Morgan fingerprint density at radius 3 is 2.21 bits per heavy atom. The third-order valence-corrected chi connectivity index (χ3v) is 8.81. The van der Waals surface area contributed by atoms with Crippen LogP contribution in [0.25, 0.3) is 0 Å². The van der Waals surface area contributed by atoms with Crippen LogP contribution in [0.5, 0.6) is 11.5 Å². The molecule has 0 aliphatic heterocycles. The van der Waals surface area contributed by atoms with Gasteiger partial charge in [0.05, 0.1) is 36.2 Å². The smallest absolute Gasteiger partial charge is 0.244 e. The van der Waals surface area contributed by atoms with Gasteiger partial charge in [-0.25, -0.2) is 8.42 Å². The average molecular weight is 651 g/mol. The minimum atomic E-state index is -4.01. The van der Waals surface area contributed by atoms with E-state index in [0.717, 1.165) is 16.1 Å². The first kappa shape index (κ1) is 34.0. The van der Waals surface area contributed by atoms with Crippen LogP contribution >= 0.6 is 23.2 Å². The molecular weight excluding hydrogens is 613 g/mol. The number of anilines is 1. The average Bonchev–Trinajstić information content (AvgIpc) is 2.98. The summed E-state index contributed by atoms with van der Waals surface area (Å²) in [6.07, 6.45) is 1.87. The van der Waals surface area contributed by atoms with Crippen molar-refractivity contribution in [1.82, 2.24) is 10.2 Å². The molecule has 2 atom stereocenters. The SMILES string of the molecule is CC[C@H](C)NC(=O)[C@@H](Cc1ccccc1)N(Cc1ccc(Cl)c(Cl)c1)C(=O)CN(c1cc(OC)ccc1OC)S(C)(=O)=O. The van der Waals surface area contributed by atoms with Crippen LogP contribution < -0.4 is 19.1 Å². The highest BCUT2D eigenvalue weighted by Crippen LogP contribution is 2.34. The number of hydrogen-bond acceptors (Lipinski definition) is 6. The zero-order chi connectivity index (χ0) is 31.7. The fraction of sp³-hybridized carbons (Fsp3) is 0.355. The van der Waals surface area contributed by atoms with E-state index in [1.165, 1.54) is 25.2 Å². The second-order valence-electron chi connectivity index (χ2n) is 10.1. The first-order chi connectivity index (χ1) is 20.4. The summed E-state index contributed by atoms with van der Waals surface area (Å²) < 4.78 is 37.9. The number of methoxy groups -OCH3 is 2. The van der Waals surface area contributed by atoms with Crippen LogP contribution in [0, 0.1) is 0 Å². The highest BCUT2D eigenvalue weighted by molar-refractivity contribution is 7.92. The molecule has 12 heteroatoms.